The molecular formula is C37H38N2O4. The second-order valence-corrected chi connectivity index (χ2v) is 11.5. The lowest BCUT2D eigenvalue weighted by Gasteiger charge is -2.26. The number of hydrogen-bond acceptors (Lipinski definition) is 5. The van der Waals surface area contributed by atoms with Crippen molar-refractivity contribution in [2.24, 2.45) is 0 Å². The van der Waals surface area contributed by atoms with E-state index in [0.29, 0.717) is 6.61 Å². The van der Waals surface area contributed by atoms with Crippen molar-refractivity contribution >= 4 is 10.9 Å². The van der Waals surface area contributed by atoms with E-state index in [-0.39, 0.29) is 6.79 Å². The average molecular weight is 575 g/mol. The van der Waals surface area contributed by atoms with E-state index in [2.05, 4.69) is 83.1 Å². The highest BCUT2D eigenvalue weighted by Crippen LogP contribution is 2.40. The normalized spacial score (nSPS) is 14.7. The molecule has 1 aromatic heterocycles. The minimum atomic E-state index is 0.259. The molecule has 0 N–H and O–H groups in total. The molecule has 5 aromatic rings. The molecule has 0 unspecified atom stereocenters. The average Bonchev–Trinajstić information content (AvgIpc) is 3.63. The van der Waals surface area contributed by atoms with Crippen molar-refractivity contribution in [2.75, 3.05) is 33.0 Å². The molecule has 7 rings (SSSR count). The summed E-state index contributed by atoms with van der Waals surface area (Å²) in [5.41, 5.74) is 7.00. The minimum absolute atomic E-state index is 0.259. The zero-order valence-electron chi connectivity index (χ0n) is 24.8. The number of benzene rings is 4. The second-order valence-electron chi connectivity index (χ2n) is 11.5. The summed E-state index contributed by atoms with van der Waals surface area (Å²) >= 11 is 0. The zero-order chi connectivity index (χ0) is 29.0. The lowest BCUT2D eigenvalue weighted by atomic mass is 10.1. The molecule has 1 saturated heterocycles. The number of hydrogen-bond donors (Lipinski definition) is 0. The van der Waals surface area contributed by atoms with E-state index >= 15 is 0 Å². The summed E-state index contributed by atoms with van der Waals surface area (Å²) in [6.07, 6.45) is 3.96. The molecule has 0 amide bonds. The van der Waals surface area contributed by atoms with Gasteiger partial charge in [-0.15, -0.1) is 0 Å². The van der Waals surface area contributed by atoms with Crippen LogP contribution in [0.4, 0.5) is 0 Å². The first-order valence-corrected chi connectivity index (χ1v) is 15.3. The van der Waals surface area contributed by atoms with Crippen LogP contribution in [-0.2, 0) is 13.2 Å². The fraction of sp³-hybridized carbons (Fsp3) is 0.297. The molecule has 0 bridgehead atoms. The van der Waals surface area contributed by atoms with Crippen molar-refractivity contribution in [3.05, 3.63) is 108 Å². The van der Waals surface area contributed by atoms with Gasteiger partial charge in [-0.1, -0.05) is 48.9 Å². The maximum absolute atomic E-state index is 6.21. The van der Waals surface area contributed by atoms with Gasteiger partial charge in [-0.2, -0.15) is 0 Å². The molecule has 220 valence electrons. The number of ether oxygens (including phenoxy) is 4. The van der Waals surface area contributed by atoms with Crippen LogP contribution in [0.1, 0.15) is 36.0 Å². The van der Waals surface area contributed by atoms with Crippen LogP contribution in [0.2, 0.25) is 0 Å². The highest BCUT2D eigenvalue weighted by Gasteiger charge is 2.21. The van der Waals surface area contributed by atoms with Crippen LogP contribution in [0.3, 0.4) is 0 Å². The van der Waals surface area contributed by atoms with Crippen LogP contribution in [-0.4, -0.2) is 42.5 Å². The Kier molecular flexibility index (Phi) is 7.93. The molecular weight excluding hydrogens is 536 g/mol. The summed E-state index contributed by atoms with van der Waals surface area (Å²) in [5, 5.41) is 1.18. The molecule has 0 radical (unpaired) electrons. The van der Waals surface area contributed by atoms with Crippen LogP contribution >= 0.6 is 0 Å². The Morgan fingerprint density at radius 2 is 1.51 bits per heavy atom. The van der Waals surface area contributed by atoms with Crippen molar-refractivity contribution in [1.29, 1.82) is 0 Å². The Balaban J connectivity index is 1.16. The van der Waals surface area contributed by atoms with Crippen LogP contribution in [0.5, 0.6) is 23.0 Å². The highest BCUT2D eigenvalue weighted by molar-refractivity contribution is 5.93. The van der Waals surface area contributed by atoms with Crippen LogP contribution in [0.15, 0.2) is 91.0 Å². The van der Waals surface area contributed by atoms with Gasteiger partial charge >= 0.3 is 0 Å². The fourth-order valence-electron chi connectivity index (χ4n) is 6.26. The Bertz CT molecular complexity index is 1690. The highest BCUT2D eigenvalue weighted by atomic mass is 16.7. The van der Waals surface area contributed by atoms with Gasteiger partial charge in [0.2, 0.25) is 6.79 Å². The van der Waals surface area contributed by atoms with E-state index in [1.807, 2.05) is 24.3 Å². The van der Waals surface area contributed by atoms with Gasteiger partial charge in [0.15, 0.2) is 11.5 Å². The molecule has 1 fully saturated rings. The van der Waals surface area contributed by atoms with Crippen LogP contribution in [0, 0.1) is 6.92 Å². The lowest BCUT2D eigenvalue weighted by Crippen LogP contribution is -2.33. The molecule has 43 heavy (non-hydrogen) atoms. The number of fused-ring (bicyclic) bond motifs is 2. The van der Waals surface area contributed by atoms with Gasteiger partial charge in [-0.25, -0.2) is 0 Å². The van der Waals surface area contributed by atoms with Crippen molar-refractivity contribution in [2.45, 2.75) is 39.3 Å². The standard InChI is InChI=1S/C37H38N2O4/c1-27-33-23-32(41-25-29-8-4-2-5-9-29)15-16-34(33)39(37(27)30-12-17-35-36(22-30)43-26-42-35)24-28-10-13-31(14-11-28)40-21-20-38-18-6-3-7-19-38/h2,4-5,8-17,22-23H,3,6-7,18-21,24-26H2,1H3. The maximum atomic E-state index is 6.21. The van der Waals surface area contributed by atoms with Gasteiger partial charge in [0.05, 0.1) is 5.69 Å². The molecule has 0 aliphatic carbocycles. The summed E-state index contributed by atoms with van der Waals surface area (Å²) in [4.78, 5) is 2.51. The van der Waals surface area contributed by atoms with Crippen LogP contribution in [0.25, 0.3) is 22.2 Å². The largest absolute Gasteiger partial charge is 0.492 e. The first kappa shape index (κ1) is 27.4. The van der Waals surface area contributed by atoms with E-state index in [1.54, 1.807) is 0 Å². The molecule has 6 heteroatoms. The number of nitrogens with zero attached hydrogens (tertiary/aromatic N) is 2. The quantitative estimate of drug-likeness (QED) is 0.170. The first-order chi connectivity index (χ1) is 21.2. The van der Waals surface area contributed by atoms with E-state index in [9.17, 15) is 0 Å². The summed E-state index contributed by atoms with van der Waals surface area (Å²) in [7, 11) is 0. The number of aryl methyl sites for hydroxylation is 1. The van der Waals surface area contributed by atoms with Gasteiger partial charge in [0, 0.05) is 29.6 Å². The zero-order valence-corrected chi connectivity index (χ0v) is 24.8. The third kappa shape index (κ3) is 6.06. The molecule has 2 aliphatic rings. The molecule has 4 aromatic carbocycles. The van der Waals surface area contributed by atoms with Crippen molar-refractivity contribution in [3.63, 3.8) is 0 Å². The molecule has 6 nitrogen and oxygen atoms in total. The SMILES string of the molecule is Cc1c(-c2ccc3c(c2)OCO3)n(Cc2ccc(OCCN3CCCCC3)cc2)c2ccc(OCc3ccccc3)cc12. The second kappa shape index (κ2) is 12.4. The lowest BCUT2D eigenvalue weighted by molar-refractivity contribution is 0.174. The van der Waals surface area contributed by atoms with Gasteiger partial charge < -0.3 is 23.5 Å². The topological polar surface area (TPSA) is 45.1 Å². The fourth-order valence-corrected chi connectivity index (χ4v) is 6.26. The number of piperidine rings is 1. The smallest absolute Gasteiger partial charge is 0.231 e. The molecule has 0 saturated carbocycles. The first-order valence-electron chi connectivity index (χ1n) is 15.3. The molecule has 3 heterocycles. The van der Waals surface area contributed by atoms with Gasteiger partial charge in [-0.05, 0) is 98.1 Å². The monoisotopic (exact) mass is 574 g/mol. The van der Waals surface area contributed by atoms with E-state index in [4.69, 9.17) is 18.9 Å². The third-order valence-electron chi connectivity index (χ3n) is 8.57. The summed E-state index contributed by atoms with van der Waals surface area (Å²) in [6, 6.07) is 31.5. The Hall–Kier alpha value is -4.42. The van der Waals surface area contributed by atoms with E-state index in [1.165, 1.54) is 54.4 Å². The predicted molar refractivity (Wildman–Crippen MR) is 170 cm³/mol. The van der Waals surface area contributed by atoms with Crippen LogP contribution < -0.4 is 18.9 Å². The molecule has 0 spiro atoms. The van der Waals surface area contributed by atoms with Crippen molar-refractivity contribution < 1.29 is 18.9 Å². The van der Waals surface area contributed by atoms with Gasteiger partial charge in [-0.3, -0.25) is 4.90 Å². The van der Waals surface area contributed by atoms with Gasteiger partial charge in [0.1, 0.15) is 24.7 Å². The predicted octanol–water partition coefficient (Wildman–Crippen LogP) is 7.84. The number of aromatic nitrogens is 1. The Morgan fingerprint density at radius 3 is 2.35 bits per heavy atom. The number of likely N-dealkylation sites (tertiary alicyclic amines) is 1. The molecule has 2 aliphatic heterocycles. The molecule has 0 atom stereocenters. The summed E-state index contributed by atoms with van der Waals surface area (Å²) < 4.78 is 26.1. The Labute approximate surface area is 253 Å². The summed E-state index contributed by atoms with van der Waals surface area (Å²) in [5.74, 6) is 3.36. The van der Waals surface area contributed by atoms with Crippen molar-refractivity contribution in [3.8, 4) is 34.3 Å². The van der Waals surface area contributed by atoms with Gasteiger partial charge in [0.25, 0.3) is 0 Å². The third-order valence-corrected chi connectivity index (χ3v) is 8.57. The van der Waals surface area contributed by atoms with Crippen molar-refractivity contribution in [1.82, 2.24) is 9.47 Å². The van der Waals surface area contributed by atoms with E-state index in [0.717, 1.165) is 59.5 Å². The van der Waals surface area contributed by atoms with E-state index < -0.39 is 0 Å². The Morgan fingerprint density at radius 1 is 0.721 bits per heavy atom. The maximum Gasteiger partial charge on any atom is 0.231 e. The minimum Gasteiger partial charge on any atom is -0.492 e. The number of rotatable bonds is 10. The summed E-state index contributed by atoms with van der Waals surface area (Å²) in [6.45, 7) is 7.82.